The van der Waals surface area contributed by atoms with Crippen molar-refractivity contribution in [1.29, 1.82) is 0 Å². The molecule has 3 heterocycles. The summed E-state index contributed by atoms with van der Waals surface area (Å²) in [6.45, 7) is 9.39. The van der Waals surface area contributed by atoms with E-state index in [4.69, 9.17) is 4.98 Å². The monoisotopic (exact) mass is 1460 g/mol. The summed E-state index contributed by atoms with van der Waals surface area (Å²) >= 11 is 0. The molecule has 24 rings (SSSR count). The molecule has 0 radical (unpaired) electrons. The third-order valence-electron chi connectivity index (χ3n) is 25.5. The molecule has 115 heavy (non-hydrogen) atoms. The van der Waals surface area contributed by atoms with E-state index in [-0.39, 0.29) is 16.2 Å². The number of hydrogen-bond donors (Lipinski definition) is 0. The van der Waals surface area contributed by atoms with Crippen LogP contribution in [0.25, 0.3) is 176 Å². The van der Waals surface area contributed by atoms with E-state index in [1.807, 2.05) is 36.8 Å². The number of rotatable bonds is 6. The van der Waals surface area contributed by atoms with E-state index in [1.54, 1.807) is 0 Å². The first kappa shape index (κ1) is 67.6. The first-order chi connectivity index (χ1) is 56.5. The Labute approximate surface area is 669 Å². The average molecular weight is 1460 g/mol. The van der Waals surface area contributed by atoms with Crippen LogP contribution < -0.4 is 0 Å². The van der Waals surface area contributed by atoms with Crippen molar-refractivity contribution in [1.82, 2.24) is 15.0 Å². The fraction of sp³-hybridized carbons (Fsp3) is 0.0625. The zero-order chi connectivity index (χ0) is 76.7. The molecule has 1 spiro atoms. The summed E-state index contributed by atoms with van der Waals surface area (Å²) < 4.78 is 0. The number of hydrogen-bond acceptors (Lipinski definition) is 3. The topological polar surface area (TPSA) is 38.7 Å². The minimum atomic E-state index is -0.334. The van der Waals surface area contributed by atoms with Gasteiger partial charge in [-0.3, -0.25) is 15.0 Å². The van der Waals surface area contributed by atoms with E-state index in [2.05, 4.69) is 396 Å². The molecule has 0 bridgehead atoms. The van der Waals surface area contributed by atoms with Crippen molar-refractivity contribution in [3.63, 3.8) is 0 Å². The van der Waals surface area contributed by atoms with Crippen molar-refractivity contribution in [2.75, 3.05) is 0 Å². The molecule has 0 saturated carbocycles. The Morgan fingerprint density at radius 2 is 0.417 bits per heavy atom. The zero-order valence-electron chi connectivity index (χ0n) is 64.4. The van der Waals surface area contributed by atoms with Crippen LogP contribution in [0.1, 0.15) is 72.2 Å². The summed E-state index contributed by atoms with van der Waals surface area (Å²) in [5.41, 5.74) is 39.5. The highest BCUT2D eigenvalue weighted by Crippen LogP contribution is 2.63. The van der Waals surface area contributed by atoms with Crippen molar-refractivity contribution in [2.45, 2.75) is 43.9 Å². The number of nitrogens with zero attached hydrogens (tertiary/aromatic N) is 3. The molecule has 3 nitrogen and oxygen atoms in total. The van der Waals surface area contributed by atoms with Crippen LogP contribution in [0.3, 0.4) is 0 Å². The van der Waals surface area contributed by atoms with Gasteiger partial charge in [-0.1, -0.05) is 331 Å². The minimum absolute atomic E-state index is 0.00590. The maximum Gasteiger partial charge on any atom is 0.0780 e. The quantitative estimate of drug-likeness (QED) is 0.156. The van der Waals surface area contributed by atoms with Crippen LogP contribution >= 0.6 is 0 Å². The Kier molecular flexibility index (Phi) is 15.6. The Morgan fingerprint density at radius 3 is 0.800 bits per heavy atom. The van der Waals surface area contributed by atoms with Crippen LogP contribution in [0.5, 0.6) is 0 Å². The highest BCUT2D eigenvalue weighted by atomic mass is 14.7. The zero-order valence-corrected chi connectivity index (χ0v) is 64.4. The van der Waals surface area contributed by atoms with Crippen molar-refractivity contribution in [2.24, 2.45) is 0 Å². The number of pyridine rings is 3. The van der Waals surface area contributed by atoms with Gasteiger partial charge in [0.2, 0.25) is 0 Å². The second-order valence-corrected chi connectivity index (χ2v) is 32.5. The van der Waals surface area contributed by atoms with Gasteiger partial charge in [-0.25, -0.2) is 0 Å². The van der Waals surface area contributed by atoms with Crippen LogP contribution in [0.15, 0.2) is 395 Å². The van der Waals surface area contributed by atoms with Gasteiger partial charge in [-0.05, 0) is 245 Å². The molecular weight excluding hydrogens is 1390 g/mol. The van der Waals surface area contributed by atoms with Crippen LogP contribution in [0.4, 0.5) is 0 Å². The Bertz CT molecular complexity index is 7360. The molecule has 3 aromatic heterocycles. The summed E-state index contributed by atoms with van der Waals surface area (Å²) in [7, 11) is 0. The van der Waals surface area contributed by atoms with Gasteiger partial charge in [-0.2, -0.15) is 0 Å². The van der Waals surface area contributed by atoms with Crippen LogP contribution in [0, 0.1) is 0 Å². The molecule has 3 heteroatoms. The van der Waals surface area contributed by atoms with Gasteiger partial charge in [0, 0.05) is 61.7 Å². The molecule has 0 fully saturated rings. The van der Waals surface area contributed by atoms with Crippen LogP contribution in [-0.4, -0.2) is 15.0 Å². The second kappa shape index (κ2) is 26.5. The lowest BCUT2D eigenvalue weighted by Crippen LogP contribution is -2.25. The Morgan fingerprint density at radius 1 is 0.165 bits per heavy atom. The standard InChI is InChI=1S/C44H27N.2C34H25N/c1-4-15-39-34(12-1)35-13-2-5-16-40(35)44(39)41-17-6-3-14-36(41)37-23-22-33(27-42(37)44)31-10-7-9-30(25-31)32-21-19-28-18-20-29-11-8-24-45-43(29)38(28)26-32;1-34(2)31-11-4-3-10-28(31)29-17-16-27(21-32(29)34)25-8-5-7-24(19-25)26-15-13-22-12-14-23-9-6-18-35-33(23)30(22)20-26;1-34(2)31-20-26(22-7-4-3-5-8-22)14-16-28(31)29-17-15-27(21-32(29)34)25-13-11-23-10-12-24-9-6-18-35-33(24)30(23)19-25/h1-27H;2*3-21H,1-2H3. The molecule has 0 N–H and O–H groups in total. The lowest BCUT2D eigenvalue weighted by molar-refractivity contribution is 0.660. The number of fused-ring (bicyclic) bond motifs is 25. The molecule has 4 aliphatic rings. The number of aromatic nitrogens is 3. The summed E-state index contributed by atoms with van der Waals surface area (Å²) in [4.78, 5) is 14.1. The van der Waals surface area contributed by atoms with Gasteiger partial charge in [0.15, 0.2) is 0 Å². The highest BCUT2D eigenvalue weighted by molar-refractivity contribution is 6.09. The molecule has 0 amide bonds. The fourth-order valence-corrected chi connectivity index (χ4v) is 19.8. The molecule has 20 aromatic rings. The van der Waals surface area contributed by atoms with Gasteiger partial charge in [-0.15, -0.1) is 0 Å². The molecule has 0 saturated heterocycles. The van der Waals surface area contributed by atoms with Gasteiger partial charge in [0.25, 0.3) is 0 Å². The van der Waals surface area contributed by atoms with E-state index in [0.29, 0.717) is 0 Å². The lowest BCUT2D eigenvalue weighted by Gasteiger charge is -2.30. The maximum atomic E-state index is 4.73. The van der Waals surface area contributed by atoms with Crippen molar-refractivity contribution >= 4 is 65.0 Å². The van der Waals surface area contributed by atoms with E-state index < -0.39 is 0 Å². The summed E-state index contributed by atoms with van der Waals surface area (Å²) in [5, 5.41) is 10.8. The first-order valence-corrected chi connectivity index (χ1v) is 40.1. The lowest BCUT2D eigenvalue weighted by atomic mass is 9.70. The summed E-state index contributed by atoms with van der Waals surface area (Å²) in [6.07, 6.45) is 5.64. The van der Waals surface area contributed by atoms with E-state index in [0.717, 1.165) is 16.6 Å². The molecule has 540 valence electrons. The predicted molar refractivity (Wildman–Crippen MR) is 482 cm³/mol. The van der Waals surface area contributed by atoms with Gasteiger partial charge in [0.1, 0.15) is 0 Å². The molecule has 4 aliphatic carbocycles. The van der Waals surface area contributed by atoms with Gasteiger partial charge in [0.05, 0.1) is 22.0 Å². The van der Waals surface area contributed by atoms with Crippen molar-refractivity contribution in [3.05, 3.63) is 439 Å². The van der Waals surface area contributed by atoms with Crippen molar-refractivity contribution in [3.8, 4) is 111 Å². The third-order valence-corrected chi connectivity index (χ3v) is 25.5. The van der Waals surface area contributed by atoms with E-state index in [9.17, 15) is 0 Å². The fourth-order valence-electron chi connectivity index (χ4n) is 19.8. The van der Waals surface area contributed by atoms with Crippen LogP contribution in [0.2, 0.25) is 0 Å². The molecule has 0 atom stereocenters. The second-order valence-electron chi connectivity index (χ2n) is 32.5. The summed E-state index contributed by atoms with van der Waals surface area (Å²) in [6, 6.07) is 138. The predicted octanol–water partition coefficient (Wildman–Crippen LogP) is 29.1. The van der Waals surface area contributed by atoms with E-state index in [1.165, 1.54) is 204 Å². The molecule has 0 aliphatic heterocycles. The SMILES string of the molecule is CC1(C)c2cc(-c3ccccc3)ccc2-c2ccc(-c3ccc4ccc5cccnc5c4c3)cc21.CC1(C)c2ccccc2-c2ccc(-c3cccc(-c4ccc5ccc6cccnc6c5c4)c3)cc21.c1cc(-c2ccc3c(c2)C2(c4ccccc4-c4ccccc42)c2ccccc2-3)cc(-c2ccc3ccc4cccnc4c3c2)c1. The average Bonchev–Trinajstić information content (AvgIpc) is 1.51. The van der Waals surface area contributed by atoms with Gasteiger partial charge >= 0.3 is 0 Å². The minimum Gasteiger partial charge on any atom is -0.256 e. The highest BCUT2D eigenvalue weighted by Gasteiger charge is 2.51. The maximum absolute atomic E-state index is 4.73. The molecule has 17 aromatic carbocycles. The molecular formula is C112H77N3. The van der Waals surface area contributed by atoms with Crippen molar-refractivity contribution < 1.29 is 0 Å². The normalized spacial score (nSPS) is 13.6. The smallest absolute Gasteiger partial charge is 0.0780 e. The largest absolute Gasteiger partial charge is 0.256 e. The Balaban J connectivity index is 0.000000106. The third kappa shape index (κ3) is 10.8. The Hall–Kier alpha value is -14.3. The van der Waals surface area contributed by atoms with E-state index >= 15 is 0 Å². The van der Waals surface area contributed by atoms with Gasteiger partial charge < -0.3 is 0 Å². The summed E-state index contributed by atoms with van der Waals surface area (Å²) in [5.74, 6) is 0. The van der Waals surface area contributed by atoms with Crippen LogP contribution in [-0.2, 0) is 16.2 Å². The molecule has 0 unspecified atom stereocenters. The number of benzene rings is 17. The first-order valence-electron chi connectivity index (χ1n) is 40.1.